The smallest absolute Gasteiger partial charge is 0.338 e. The largest absolute Gasteiger partial charge is 0.454 e. The predicted octanol–water partition coefficient (Wildman–Crippen LogP) is 1.53. The summed E-state index contributed by atoms with van der Waals surface area (Å²) < 4.78 is 27.7. The van der Waals surface area contributed by atoms with E-state index in [9.17, 15) is 19.5 Å². The number of carbonyl (C=O) groups is 3. The van der Waals surface area contributed by atoms with Gasteiger partial charge < -0.3 is 28.8 Å². The molecule has 0 aromatic heterocycles. The Morgan fingerprint density at radius 2 is 1.65 bits per heavy atom. The molecule has 1 saturated heterocycles. The molecule has 0 unspecified atom stereocenters. The molecule has 0 amide bonds. The molecular weight excluding hydrogens is 408 g/mol. The summed E-state index contributed by atoms with van der Waals surface area (Å²) in [7, 11) is 1.33. The second-order valence-electron chi connectivity index (χ2n) is 7.15. The number of aliphatic hydroxyl groups excluding tert-OH is 1. The Labute approximate surface area is 179 Å². The van der Waals surface area contributed by atoms with E-state index < -0.39 is 55.2 Å². The Morgan fingerprint density at radius 3 is 2.23 bits per heavy atom. The van der Waals surface area contributed by atoms with Crippen molar-refractivity contribution < 1.29 is 43.2 Å². The van der Waals surface area contributed by atoms with Gasteiger partial charge in [0.1, 0.15) is 6.10 Å². The van der Waals surface area contributed by atoms with Crippen LogP contribution in [0, 0.1) is 0 Å². The second-order valence-corrected chi connectivity index (χ2v) is 7.15. The molecule has 1 fully saturated rings. The average Bonchev–Trinajstić information content (AvgIpc) is 2.78. The van der Waals surface area contributed by atoms with Gasteiger partial charge in [-0.1, -0.05) is 30.4 Å². The molecule has 0 spiro atoms. The molecule has 9 nitrogen and oxygen atoms in total. The standard InChI is InChI=1S/C22H26O9/c1-27-22-20-19(29-16(24)11-7-2-3-8-12-17(25)30-20)18(15(13-23)28-22)31-21(26)14-9-5-4-6-10-14/h2-6,9-10,15,18-20,22-23H,7-8,11-13H2,1H3/t15-,18-,19+,20-,22+/m1/s1. The van der Waals surface area contributed by atoms with Gasteiger partial charge in [-0.15, -0.1) is 0 Å². The Bertz CT molecular complexity index is 791. The number of allylic oxidation sites excluding steroid dienone is 2. The third kappa shape index (κ3) is 5.90. The van der Waals surface area contributed by atoms with Crippen LogP contribution in [0.5, 0.6) is 0 Å². The number of esters is 3. The summed E-state index contributed by atoms with van der Waals surface area (Å²) in [6.45, 7) is -0.538. The van der Waals surface area contributed by atoms with Crippen LogP contribution in [0.1, 0.15) is 36.0 Å². The van der Waals surface area contributed by atoms with Gasteiger partial charge in [0.05, 0.1) is 12.2 Å². The molecule has 2 aliphatic heterocycles. The van der Waals surface area contributed by atoms with Gasteiger partial charge in [0, 0.05) is 20.0 Å². The zero-order valence-electron chi connectivity index (χ0n) is 17.2. The Balaban J connectivity index is 1.92. The van der Waals surface area contributed by atoms with Crippen molar-refractivity contribution in [2.45, 2.75) is 56.4 Å². The van der Waals surface area contributed by atoms with Gasteiger partial charge in [0.2, 0.25) is 0 Å². The first-order valence-corrected chi connectivity index (χ1v) is 10.1. The number of hydrogen-bond donors (Lipinski definition) is 1. The van der Waals surface area contributed by atoms with E-state index in [1.807, 2.05) is 0 Å². The number of aliphatic hydroxyl groups is 1. The molecule has 2 heterocycles. The number of benzene rings is 1. The molecular formula is C22H26O9. The average molecular weight is 434 g/mol. The van der Waals surface area contributed by atoms with Crippen LogP contribution in [0.3, 0.4) is 0 Å². The lowest BCUT2D eigenvalue weighted by molar-refractivity contribution is -0.299. The predicted molar refractivity (Wildman–Crippen MR) is 106 cm³/mol. The molecule has 0 aliphatic carbocycles. The van der Waals surface area contributed by atoms with E-state index in [-0.39, 0.29) is 18.4 Å². The lowest BCUT2D eigenvalue weighted by Crippen LogP contribution is -2.62. The third-order valence-electron chi connectivity index (χ3n) is 4.99. The van der Waals surface area contributed by atoms with E-state index in [4.69, 9.17) is 23.7 Å². The normalized spacial score (nSPS) is 29.5. The zero-order chi connectivity index (χ0) is 22.2. The summed E-state index contributed by atoms with van der Waals surface area (Å²) in [6.07, 6.45) is -1.11. The summed E-state index contributed by atoms with van der Waals surface area (Å²) >= 11 is 0. The van der Waals surface area contributed by atoms with Crippen LogP contribution >= 0.6 is 0 Å². The monoisotopic (exact) mass is 434 g/mol. The van der Waals surface area contributed by atoms with Crippen LogP contribution in [0.15, 0.2) is 42.5 Å². The highest BCUT2D eigenvalue weighted by Gasteiger charge is 2.52. The van der Waals surface area contributed by atoms with Crippen molar-refractivity contribution >= 4 is 17.9 Å². The van der Waals surface area contributed by atoms with Crippen molar-refractivity contribution in [1.29, 1.82) is 0 Å². The fourth-order valence-corrected chi connectivity index (χ4v) is 3.44. The van der Waals surface area contributed by atoms with Crippen LogP contribution in [0.2, 0.25) is 0 Å². The minimum atomic E-state index is -1.22. The molecule has 1 aromatic carbocycles. The summed E-state index contributed by atoms with van der Waals surface area (Å²) in [5.41, 5.74) is 0.270. The number of rotatable bonds is 4. The molecule has 1 aromatic rings. The SMILES string of the molecule is CO[C@H]1O[C@H](CO)[C@@H](OC(=O)c2ccccc2)[C@@H]2OC(=O)CCC=CCCC(=O)O[C@@H]12. The summed E-state index contributed by atoms with van der Waals surface area (Å²) in [6, 6.07) is 8.22. The van der Waals surface area contributed by atoms with E-state index >= 15 is 0 Å². The molecule has 9 heteroatoms. The lowest BCUT2D eigenvalue weighted by Gasteiger charge is -2.43. The summed E-state index contributed by atoms with van der Waals surface area (Å²) in [5, 5.41) is 9.85. The van der Waals surface area contributed by atoms with Crippen molar-refractivity contribution in [3.63, 3.8) is 0 Å². The van der Waals surface area contributed by atoms with E-state index in [0.29, 0.717) is 12.8 Å². The van der Waals surface area contributed by atoms with Crippen LogP contribution in [-0.2, 0) is 33.3 Å². The van der Waals surface area contributed by atoms with Gasteiger partial charge in [0.25, 0.3) is 0 Å². The van der Waals surface area contributed by atoms with E-state index in [1.165, 1.54) is 7.11 Å². The van der Waals surface area contributed by atoms with Crippen LogP contribution in [-0.4, -0.2) is 67.4 Å². The number of methoxy groups -OCH3 is 1. The topological polar surface area (TPSA) is 118 Å². The maximum atomic E-state index is 12.7. The van der Waals surface area contributed by atoms with Crippen molar-refractivity contribution in [3.05, 3.63) is 48.0 Å². The molecule has 3 rings (SSSR count). The fourth-order valence-electron chi connectivity index (χ4n) is 3.44. The molecule has 1 N–H and O–H groups in total. The first-order valence-electron chi connectivity index (χ1n) is 10.1. The molecule has 168 valence electrons. The molecule has 2 aliphatic rings. The van der Waals surface area contributed by atoms with Gasteiger partial charge in [-0.25, -0.2) is 4.79 Å². The van der Waals surface area contributed by atoms with Crippen molar-refractivity contribution in [1.82, 2.24) is 0 Å². The van der Waals surface area contributed by atoms with E-state index in [1.54, 1.807) is 42.5 Å². The Hall–Kier alpha value is -2.75. The van der Waals surface area contributed by atoms with Crippen LogP contribution in [0.4, 0.5) is 0 Å². The van der Waals surface area contributed by atoms with Crippen molar-refractivity contribution in [2.75, 3.05) is 13.7 Å². The van der Waals surface area contributed by atoms with Crippen molar-refractivity contribution in [2.24, 2.45) is 0 Å². The van der Waals surface area contributed by atoms with E-state index in [2.05, 4.69) is 0 Å². The minimum absolute atomic E-state index is 0.0926. The molecule has 0 radical (unpaired) electrons. The van der Waals surface area contributed by atoms with Crippen LogP contribution in [0.25, 0.3) is 0 Å². The Morgan fingerprint density at radius 1 is 1.03 bits per heavy atom. The number of fused-ring (bicyclic) bond motifs is 1. The lowest BCUT2D eigenvalue weighted by atomic mass is 9.98. The molecule has 31 heavy (non-hydrogen) atoms. The maximum Gasteiger partial charge on any atom is 0.338 e. The highest BCUT2D eigenvalue weighted by Crippen LogP contribution is 2.30. The number of hydrogen-bond acceptors (Lipinski definition) is 9. The number of carbonyl (C=O) groups excluding carboxylic acids is 3. The van der Waals surface area contributed by atoms with Gasteiger partial charge >= 0.3 is 17.9 Å². The van der Waals surface area contributed by atoms with Gasteiger partial charge in [-0.2, -0.15) is 0 Å². The highest BCUT2D eigenvalue weighted by atomic mass is 16.7. The van der Waals surface area contributed by atoms with Crippen molar-refractivity contribution in [3.8, 4) is 0 Å². The van der Waals surface area contributed by atoms with Crippen LogP contribution < -0.4 is 0 Å². The maximum absolute atomic E-state index is 12.7. The fraction of sp³-hybridized carbons (Fsp3) is 0.500. The minimum Gasteiger partial charge on any atom is -0.454 e. The first kappa shape index (κ1) is 22.9. The summed E-state index contributed by atoms with van der Waals surface area (Å²) in [4.78, 5) is 37.5. The molecule has 0 saturated carbocycles. The molecule has 0 bridgehead atoms. The van der Waals surface area contributed by atoms with Gasteiger partial charge in [0.15, 0.2) is 24.6 Å². The molecule has 5 atom stereocenters. The van der Waals surface area contributed by atoms with Gasteiger partial charge in [-0.05, 0) is 25.0 Å². The Kier molecular flexibility index (Phi) is 8.16. The third-order valence-corrected chi connectivity index (χ3v) is 4.99. The zero-order valence-corrected chi connectivity index (χ0v) is 17.2. The second kappa shape index (κ2) is 11.0. The van der Waals surface area contributed by atoms with E-state index in [0.717, 1.165) is 0 Å². The quantitative estimate of drug-likeness (QED) is 0.428. The highest BCUT2D eigenvalue weighted by molar-refractivity contribution is 5.89. The summed E-state index contributed by atoms with van der Waals surface area (Å²) in [5.74, 6) is -1.80. The van der Waals surface area contributed by atoms with Gasteiger partial charge in [-0.3, -0.25) is 9.59 Å². The number of ether oxygens (including phenoxy) is 5. The first-order chi connectivity index (χ1) is 15.0.